The summed E-state index contributed by atoms with van der Waals surface area (Å²) in [7, 11) is 0. The van der Waals surface area contributed by atoms with Crippen LogP contribution in [0.2, 0.25) is 5.02 Å². The standard InChI is InChI=1S/C27H21ClN4O3S/c28-17-9-6-10-18(14-17)30-27(36)31-22(13-16-7-2-1-3-8-16)25-32-23(26(33)34)24(35-25)20-15-29-21-12-5-4-11-19(20)21/h1-12,14-15,22,29H,13H2,(H,33,34)(H2,30,31,36)/t22-/m0/s1. The molecule has 0 saturated carbocycles. The number of nitrogens with zero attached hydrogens (tertiary/aromatic N) is 1. The molecule has 0 amide bonds. The molecule has 0 aliphatic rings. The minimum atomic E-state index is -1.18. The van der Waals surface area contributed by atoms with Gasteiger partial charge in [-0.05, 0) is 42.0 Å². The molecule has 4 N–H and O–H groups in total. The normalized spacial score (nSPS) is 11.8. The second-order valence-corrected chi connectivity index (χ2v) is 8.98. The van der Waals surface area contributed by atoms with Gasteiger partial charge in [-0.25, -0.2) is 9.78 Å². The number of aromatic nitrogens is 2. The third-order valence-corrected chi connectivity index (χ3v) is 6.10. The zero-order chi connectivity index (χ0) is 25.1. The van der Waals surface area contributed by atoms with Gasteiger partial charge in [-0.3, -0.25) is 0 Å². The van der Waals surface area contributed by atoms with Crippen molar-refractivity contribution < 1.29 is 14.3 Å². The molecule has 2 heterocycles. The number of halogens is 1. The van der Waals surface area contributed by atoms with E-state index in [1.807, 2.05) is 66.7 Å². The monoisotopic (exact) mass is 516 g/mol. The maximum atomic E-state index is 12.1. The van der Waals surface area contributed by atoms with E-state index in [4.69, 9.17) is 28.2 Å². The second-order valence-electron chi connectivity index (χ2n) is 8.13. The number of hydrogen-bond donors (Lipinski definition) is 4. The van der Waals surface area contributed by atoms with Crippen molar-refractivity contribution in [3.8, 4) is 11.3 Å². The van der Waals surface area contributed by atoms with Gasteiger partial charge in [0.15, 0.2) is 16.6 Å². The summed E-state index contributed by atoms with van der Waals surface area (Å²) in [6.45, 7) is 0. The lowest BCUT2D eigenvalue weighted by Gasteiger charge is -2.18. The van der Waals surface area contributed by atoms with Gasteiger partial charge in [0.1, 0.15) is 6.04 Å². The highest BCUT2D eigenvalue weighted by molar-refractivity contribution is 7.80. The summed E-state index contributed by atoms with van der Waals surface area (Å²) in [5, 5.41) is 18.0. The third-order valence-electron chi connectivity index (χ3n) is 5.65. The molecule has 0 aliphatic carbocycles. The molecular formula is C27H21ClN4O3S. The molecule has 36 heavy (non-hydrogen) atoms. The minimum Gasteiger partial charge on any atom is -0.476 e. The predicted octanol–water partition coefficient (Wildman–Crippen LogP) is 6.44. The summed E-state index contributed by atoms with van der Waals surface area (Å²) in [4.78, 5) is 19.7. The Bertz CT molecular complexity index is 1550. The molecule has 3 aromatic carbocycles. The molecule has 7 nitrogen and oxygen atoms in total. The number of aromatic amines is 1. The quantitative estimate of drug-likeness (QED) is 0.184. The van der Waals surface area contributed by atoms with Gasteiger partial charge in [-0.15, -0.1) is 0 Å². The molecule has 0 bridgehead atoms. The van der Waals surface area contributed by atoms with E-state index in [0.29, 0.717) is 22.1 Å². The van der Waals surface area contributed by atoms with E-state index in [9.17, 15) is 9.90 Å². The average molecular weight is 517 g/mol. The lowest BCUT2D eigenvalue weighted by molar-refractivity contribution is 0.0691. The van der Waals surface area contributed by atoms with Crippen LogP contribution in [-0.2, 0) is 6.42 Å². The zero-order valence-corrected chi connectivity index (χ0v) is 20.4. The van der Waals surface area contributed by atoms with Gasteiger partial charge in [-0.1, -0.05) is 66.2 Å². The fourth-order valence-electron chi connectivity index (χ4n) is 4.01. The highest BCUT2D eigenvalue weighted by atomic mass is 35.5. The largest absolute Gasteiger partial charge is 0.476 e. The van der Waals surface area contributed by atoms with Crippen LogP contribution < -0.4 is 10.6 Å². The zero-order valence-electron chi connectivity index (χ0n) is 18.9. The molecule has 0 saturated heterocycles. The maximum Gasteiger partial charge on any atom is 0.358 e. The second kappa shape index (κ2) is 10.2. The van der Waals surface area contributed by atoms with E-state index >= 15 is 0 Å². The summed E-state index contributed by atoms with van der Waals surface area (Å²) >= 11 is 11.6. The molecule has 2 aromatic heterocycles. The van der Waals surface area contributed by atoms with Crippen molar-refractivity contribution in [1.82, 2.24) is 15.3 Å². The number of H-pyrrole nitrogens is 1. The molecule has 5 aromatic rings. The van der Waals surface area contributed by atoms with Gasteiger partial charge < -0.3 is 25.1 Å². The van der Waals surface area contributed by atoms with Crippen LogP contribution in [0, 0.1) is 0 Å². The minimum absolute atomic E-state index is 0.164. The van der Waals surface area contributed by atoms with Gasteiger partial charge in [0, 0.05) is 39.8 Å². The van der Waals surface area contributed by atoms with Gasteiger partial charge in [0.25, 0.3) is 0 Å². The summed E-state index contributed by atoms with van der Waals surface area (Å²) in [6.07, 6.45) is 2.19. The van der Waals surface area contributed by atoms with Crippen molar-refractivity contribution >= 4 is 51.5 Å². The Morgan fingerprint density at radius 2 is 1.86 bits per heavy atom. The van der Waals surface area contributed by atoms with E-state index in [-0.39, 0.29) is 17.3 Å². The number of fused-ring (bicyclic) bond motifs is 1. The van der Waals surface area contributed by atoms with Crippen molar-refractivity contribution in [2.75, 3.05) is 5.32 Å². The fourth-order valence-corrected chi connectivity index (χ4v) is 4.46. The first-order valence-electron chi connectivity index (χ1n) is 11.2. The van der Waals surface area contributed by atoms with E-state index in [0.717, 1.165) is 22.2 Å². The Kier molecular flexibility index (Phi) is 6.71. The molecule has 0 spiro atoms. The van der Waals surface area contributed by atoms with E-state index in [2.05, 4.69) is 20.6 Å². The Morgan fingerprint density at radius 3 is 2.64 bits per heavy atom. The number of carboxylic acids is 1. The number of nitrogens with one attached hydrogen (secondary N) is 3. The average Bonchev–Trinajstić information content (AvgIpc) is 3.49. The third kappa shape index (κ3) is 5.10. The van der Waals surface area contributed by atoms with Crippen LogP contribution in [0.1, 0.15) is 28.0 Å². The lowest BCUT2D eigenvalue weighted by Crippen LogP contribution is -2.33. The summed E-state index contributed by atoms with van der Waals surface area (Å²) < 4.78 is 6.15. The Balaban J connectivity index is 1.51. The van der Waals surface area contributed by atoms with E-state index in [1.54, 1.807) is 18.3 Å². The maximum absolute atomic E-state index is 12.1. The number of thiocarbonyl (C=S) groups is 1. The van der Waals surface area contributed by atoms with Crippen LogP contribution in [0.3, 0.4) is 0 Å². The van der Waals surface area contributed by atoms with Crippen molar-refractivity contribution in [2.24, 2.45) is 0 Å². The molecule has 0 aliphatic heterocycles. The molecule has 5 rings (SSSR count). The van der Waals surface area contributed by atoms with Crippen LogP contribution in [-0.4, -0.2) is 26.2 Å². The molecule has 1 atom stereocenters. The smallest absolute Gasteiger partial charge is 0.358 e. The molecule has 180 valence electrons. The number of para-hydroxylation sites is 1. The molecular weight excluding hydrogens is 496 g/mol. The first kappa shape index (κ1) is 23.6. The Labute approximate surface area is 217 Å². The van der Waals surface area contributed by atoms with E-state index in [1.165, 1.54) is 0 Å². The predicted molar refractivity (Wildman–Crippen MR) is 144 cm³/mol. The first-order chi connectivity index (χ1) is 17.5. The highest BCUT2D eigenvalue weighted by Gasteiger charge is 2.27. The van der Waals surface area contributed by atoms with Crippen LogP contribution >= 0.6 is 23.8 Å². The van der Waals surface area contributed by atoms with Gasteiger partial charge in [-0.2, -0.15) is 0 Å². The molecule has 0 radical (unpaired) electrons. The Morgan fingerprint density at radius 1 is 1.08 bits per heavy atom. The number of carbonyl (C=O) groups is 1. The van der Waals surface area contributed by atoms with Crippen LogP contribution in [0.25, 0.3) is 22.2 Å². The summed E-state index contributed by atoms with van der Waals surface area (Å²) in [6, 6.07) is 24.0. The molecule has 9 heteroatoms. The molecule has 0 fully saturated rings. The fraction of sp³-hybridized carbons (Fsp3) is 0.0741. The van der Waals surface area contributed by atoms with Crippen molar-refractivity contribution in [3.63, 3.8) is 0 Å². The topological polar surface area (TPSA) is 103 Å². The number of aromatic carboxylic acids is 1. The van der Waals surface area contributed by atoms with Gasteiger partial charge in [0.2, 0.25) is 5.89 Å². The number of anilines is 1. The number of carboxylic acid groups (broad SMARTS) is 1. The van der Waals surface area contributed by atoms with Crippen LogP contribution in [0.4, 0.5) is 5.69 Å². The highest BCUT2D eigenvalue weighted by Crippen LogP contribution is 2.34. The molecule has 0 unspecified atom stereocenters. The van der Waals surface area contributed by atoms with Crippen LogP contribution in [0.5, 0.6) is 0 Å². The van der Waals surface area contributed by atoms with Gasteiger partial charge in [0.05, 0.1) is 0 Å². The Hall–Kier alpha value is -4.14. The number of rotatable bonds is 7. The van der Waals surface area contributed by atoms with Crippen LogP contribution in [0.15, 0.2) is 89.5 Å². The van der Waals surface area contributed by atoms with Crippen molar-refractivity contribution in [2.45, 2.75) is 12.5 Å². The number of hydrogen-bond acceptors (Lipinski definition) is 4. The SMILES string of the molecule is O=C(O)c1nc([C@H](Cc2ccccc2)NC(=S)Nc2cccc(Cl)c2)oc1-c1c[nH]c2ccccc12. The lowest BCUT2D eigenvalue weighted by atomic mass is 10.1. The van der Waals surface area contributed by atoms with Crippen molar-refractivity contribution in [3.05, 3.63) is 107 Å². The number of benzene rings is 3. The van der Waals surface area contributed by atoms with Gasteiger partial charge >= 0.3 is 5.97 Å². The summed E-state index contributed by atoms with van der Waals surface area (Å²) in [5.41, 5.74) is 3.05. The van der Waals surface area contributed by atoms with Crippen molar-refractivity contribution in [1.29, 1.82) is 0 Å². The van der Waals surface area contributed by atoms with E-state index < -0.39 is 12.0 Å². The number of oxazole rings is 1. The first-order valence-corrected chi connectivity index (χ1v) is 11.9. The summed E-state index contributed by atoms with van der Waals surface area (Å²) in [5.74, 6) is -0.779.